The standard InChI is InChI=1S/C15H28N/c1-13(2)16(14-9-5-3-6-10-14)15-11-7-4-8-12-15/h14-15H,3-12H2,1-2H3/q+1. The maximum atomic E-state index is 2.80. The highest BCUT2D eigenvalue weighted by Gasteiger charge is 2.32. The summed E-state index contributed by atoms with van der Waals surface area (Å²) in [5.41, 5.74) is 1.57. The summed E-state index contributed by atoms with van der Waals surface area (Å²) >= 11 is 0. The molecule has 0 N–H and O–H groups in total. The van der Waals surface area contributed by atoms with Gasteiger partial charge in [0.05, 0.1) is 0 Å². The van der Waals surface area contributed by atoms with E-state index >= 15 is 0 Å². The number of rotatable bonds is 2. The molecule has 0 aliphatic heterocycles. The fraction of sp³-hybridized carbons (Fsp3) is 0.933. The monoisotopic (exact) mass is 222 g/mol. The molecule has 0 heterocycles. The fourth-order valence-electron chi connectivity index (χ4n) is 3.75. The van der Waals surface area contributed by atoms with Gasteiger partial charge in [0.25, 0.3) is 0 Å². The molecule has 2 rings (SSSR count). The summed E-state index contributed by atoms with van der Waals surface area (Å²) in [4.78, 5) is 0. The Balaban J connectivity index is 2.06. The lowest BCUT2D eigenvalue weighted by atomic mass is 9.89. The number of nitrogens with zero attached hydrogens (tertiary/aromatic N) is 1. The van der Waals surface area contributed by atoms with E-state index in [1.165, 1.54) is 64.2 Å². The van der Waals surface area contributed by atoms with E-state index in [0.29, 0.717) is 0 Å². The maximum absolute atomic E-state index is 2.80. The van der Waals surface area contributed by atoms with Crippen molar-refractivity contribution in [1.29, 1.82) is 0 Å². The van der Waals surface area contributed by atoms with Crippen LogP contribution in [0.4, 0.5) is 0 Å². The molecule has 0 atom stereocenters. The highest BCUT2D eigenvalue weighted by molar-refractivity contribution is 5.74. The van der Waals surface area contributed by atoms with Gasteiger partial charge in [0.15, 0.2) is 12.1 Å². The van der Waals surface area contributed by atoms with Gasteiger partial charge in [-0.3, -0.25) is 0 Å². The lowest BCUT2D eigenvalue weighted by Crippen LogP contribution is -2.40. The Kier molecular flexibility index (Phi) is 4.43. The van der Waals surface area contributed by atoms with E-state index in [4.69, 9.17) is 0 Å². The third-order valence-corrected chi connectivity index (χ3v) is 4.45. The molecule has 0 bridgehead atoms. The van der Waals surface area contributed by atoms with Crippen LogP contribution in [-0.2, 0) is 0 Å². The smallest absolute Gasteiger partial charge is 0.152 e. The Morgan fingerprint density at radius 3 is 1.38 bits per heavy atom. The van der Waals surface area contributed by atoms with Crippen LogP contribution in [0.2, 0.25) is 0 Å². The number of hydrogen-bond acceptors (Lipinski definition) is 0. The van der Waals surface area contributed by atoms with Crippen molar-refractivity contribution >= 4 is 5.71 Å². The van der Waals surface area contributed by atoms with Crippen LogP contribution in [-0.4, -0.2) is 22.4 Å². The van der Waals surface area contributed by atoms with Crippen LogP contribution in [0.15, 0.2) is 0 Å². The molecule has 16 heavy (non-hydrogen) atoms. The van der Waals surface area contributed by atoms with Crippen molar-refractivity contribution in [3.8, 4) is 0 Å². The molecular formula is C15H28N+. The highest BCUT2D eigenvalue weighted by atomic mass is 15.1. The summed E-state index contributed by atoms with van der Waals surface area (Å²) < 4.78 is 2.80. The average molecular weight is 222 g/mol. The summed E-state index contributed by atoms with van der Waals surface area (Å²) in [5, 5.41) is 0. The van der Waals surface area contributed by atoms with Gasteiger partial charge < -0.3 is 0 Å². The molecule has 0 spiro atoms. The largest absolute Gasteiger partial charge is 0.232 e. The summed E-state index contributed by atoms with van der Waals surface area (Å²) in [7, 11) is 0. The molecule has 1 heteroatoms. The van der Waals surface area contributed by atoms with Gasteiger partial charge >= 0.3 is 0 Å². The highest BCUT2D eigenvalue weighted by Crippen LogP contribution is 2.27. The third kappa shape index (κ3) is 2.87. The van der Waals surface area contributed by atoms with E-state index in [1.54, 1.807) is 5.71 Å². The molecule has 2 aliphatic carbocycles. The maximum Gasteiger partial charge on any atom is 0.152 e. The van der Waals surface area contributed by atoms with Crippen LogP contribution < -0.4 is 0 Å². The van der Waals surface area contributed by atoms with Gasteiger partial charge in [-0.2, -0.15) is 0 Å². The predicted octanol–water partition coefficient (Wildman–Crippen LogP) is 4.15. The van der Waals surface area contributed by atoms with Crippen molar-refractivity contribution < 1.29 is 4.58 Å². The van der Waals surface area contributed by atoms with Crippen molar-refractivity contribution in [3.63, 3.8) is 0 Å². The molecule has 2 aliphatic rings. The van der Waals surface area contributed by atoms with Crippen LogP contribution >= 0.6 is 0 Å². The fourth-order valence-corrected chi connectivity index (χ4v) is 3.75. The SMILES string of the molecule is CC(C)=[N+](C1CCCCC1)C1CCCCC1. The minimum absolute atomic E-state index is 0.877. The molecule has 0 aromatic carbocycles. The summed E-state index contributed by atoms with van der Waals surface area (Å²) in [6.45, 7) is 4.65. The third-order valence-electron chi connectivity index (χ3n) is 4.45. The van der Waals surface area contributed by atoms with E-state index in [1.807, 2.05) is 0 Å². The molecule has 2 fully saturated rings. The Hall–Kier alpha value is -0.330. The molecule has 0 aromatic heterocycles. The van der Waals surface area contributed by atoms with Gasteiger partial charge in [-0.15, -0.1) is 0 Å². The zero-order chi connectivity index (χ0) is 11.4. The first-order valence-electron chi connectivity index (χ1n) is 7.37. The lowest BCUT2D eigenvalue weighted by molar-refractivity contribution is -0.608. The van der Waals surface area contributed by atoms with Crippen molar-refractivity contribution in [2.75, 3.05) is 0 Å². The second-order valence-electron chi connectivity index (χ2n) is 5.94. The minimum Gasteiger partial charge on any atom is -0.232 e. The van der Waals surface area contributed by atoms with E-state index in [0.717, 1.165) is 12.1 Å². The molecule has 0 saturated heterocycles. The van der Waals surface area contributed by atoms with Crippen LogP contribution in [0.25, 0.3) is 0 Å². The molecular weight excluding hydrogens is 194 g/mol. The molecule has 0 aromatic rings. The molecule has 1 nitrogen and oxygen atoms in total. The Morgan fingerprint density at radius 2 is 1.06 bits per heavy atom. The van der Waals surface area contributed by atoms with E-state index < -0.39 is 0 Å². The Labute approximate surface area is 101 Å². The van der Waals surface area contributed by atoms with Crippen molar-refractivity contribution in [2.45, 2.75) is 90.1 Å². The second-order valence-corrected chi connectivity index (χ2v) is 5.94. The van der Waals surface area contributed by atoms with Crippen molar-refractivity contribution in [3.05, 3.63) is 0 Å². The molecule has 0 unspecified atom stereocenters. The van der Waals surface area contributed by atoms with Crippen LogP contribution in [0.5, 0.6) is 0 Å². The topological polar surface area (TPSA) is 3.01 Å². The summed E-state index contributed by atoms with van der Waals surface area (Å²) in [6.07, 6.45) is 14.6. The average Bonchev–Trinajstić information content (AvgIpc) is 2.31. The minimum atomic E-state index is 0.877. The molecule has 0 amide bonds. The van der Waals surface area contributed by atoms with Crippen LogP contribution in [0.3, 0.4) is 0 Å². The zero-order valence-electron chi connectivity index (χ0n) is 11.2. The molecule has 0 radical (unpaired) electrons. The normalized spacial score (nSPS) is 24.4. The van der Waals surface area contributed by atoms with Crippen LogP contribution in [0, 0.1) is 0 Å². The van der Waals surface area contributed by atoms with Crippen molar-refractivity contribution in [2.24, 2.45) is 0 Å². The Bertz CT molecular complexity index is 218. The Morgan fingerprint density at radius 1 is 0.688 bits per heavy atom. The number of hydrogen-bond donors (Lipinski definition) is 0. The molecule has 2 saturated carbocycles. The van der Waals surface area contributed by atoms with Gasteiger partial charge in [0, 0.05) is 39.5 Å². The summed E-state index contributed by atoms with van der Waals surface area (Å²) in [5.74, 6) is 0. The second kappa shape index (κ2) is 5.84. The summed E-state index contributed by atoms with van der Waals surface area (Å²) in [6, 6.07) is 1.75. The first-order chi connectivity index (χ1) is 7.79. The van der Waals surface area contributed by atoms with E-state index in [-0.39, 0.29) is 0 Å². The quantitative estimate of drug-likeness (QED) is 0.488. The van der Waals surface area contributed by atoms with Crippen molar-refractivity contribution in [1.82, 2.24) is 0 Å². The van der Waals surface area contributed by atoms with Gasteiger partial charge in [0.1, 0.15) is 5.71 Å². The van der Waals surface area contributed by atoms with E-state index in [9.17, 15) is 0 Å². The lowest BCUT2D eigenvalue weighted by Gasteiger charge is -2.29. The predicted molar refractivity (Wildman–Crippen MR) is 70.4 cm³/mol. The molecule has 92 valence electrons. The van der Waals surface area contributed by atoms with Gasteiger partial charge in [-0.05, 0) is 25.7 Å². The zero-order valence-corrected chi connectivity index (χ0v) is 11.2. The van der Waals surface area contributed by atoms with E-state index in [2.05, 4.69) is 18.4 Å². The van der Waals surface area contributed by atoms with Gasteiger partial charge in [-0.25, -0.2) is 4.58 Å². The first-order valence-corrected chi connectivity index (χ1v) is 7.37. The van der Waals surface area contributed by atoms with Gasteiger partial charge in [-0.1, -0.05) is 12.8 Å². The first kappa shape index (κ1) is 12.1. The van der Waals surface area contributed by atoms with Crippen LogP contribution in [0.1, 0.15) is 78.1 Å². The van der Waals surface area contributed by atoms with Gasteiger partial charge in [0.2, 0.25) is 0 Å².